The topological polar surface area (TPSA) is 59.8 Å². The van der Waals surface area contributed by atoms with Crippen molar-refractivity contribution in [3.05, 3.63) is 66.2 Å². The fraction of sp³-hybridized carbons (Fsp3) is 0.118. The van der Waals surface area contributed by atoms with Crippen LogP contribution in [0.5, 0.6) is 0 Å². The van der Waals surface area contributed by atoms with E-state index < -0.39 is 0 Å². The van der Waals surface area contributed by atoms with Crippen molar-refractivity contribution in [3.8, 4) is 11.4 Å². The number of nitrogens with zero attached hydrogens (tertiary/aromatic N) is 3. The van der Waals surface area contributed by atoms with Crippen LogP contribution >= 0.6 is 0 Å². The number of rotatable bonds is 4. The van der Waals surface area contributed by atoms with Crippen molar-refractivity contribution < 1.29 is 9.18 Å². The molecule has 5 nitrogen and oxygen atoms in total. The van der Waals surface area contributed by atoms with Crippen LogP contribution in [-0.2, 0) is 18.3 Å². The monoisotopic (exact) mass is 310 g/mol. The predicted molar refractivity (Wildman–Crippen MR) is 85.2 cm³/mol. The lowest BCUT2D eigenvalue weighted by molar-refractivity contribution is -0.115. The molecule has 0 atom stereocenters. The first-order valence-corrected chi connectivity index (χ1v) is 7.11. The summed E-state index contributed by atoms with van der Waals surface area (Å²) in [5.41, 5.74) is 1.84. The van der Waals surface area contributed by atoms with Crippen molar-refractivity contribution in [1.29, 1.82) is 0 Å². The van der Waals surface area contributed by atoms with Crippen molar-refractivity contribution in [2.24, 2.45) is 7.05 Å². The summed E-state index contributed by atoms with van der Waals surface area (Å²) in [7, 11) is 1.85. The predicted octanol–water partition coefficient (Wildman–Crippen LogP) is 2.80. The van der Waals surface area contributed by atoms with Gasteiger partial charge in [0.1, 0.15) is 12.1 Å². The summed E-state index contributed by atoms with van der Waals surface area (Å²) < 4.78 is 15.4. The second kappa shape index (κ2) is 6.39. The number of hydrogen-bond donors (Lipinski definition) is 1. The quantitative estimate of drug-likeness (QED) is 0.806. The summed E-state index contributed by atoms with van der Waals surface area (Å²) in [6.45, 7) is 0. The molecule has 3 aromatic rings. The standard InChI is InChI=1S/C17H15FN4O/c1-22-11-19-21-17(22)13-6-4-7-14(9-13)20-16(23)10-12-5-2-3-8-15(12)18/h2-9,11H,10H2,1H3,(H,20,23). The molecule has 0 saturated carbocycles. The van der Waals surface area contributed by atoms with Crippen LogP contribution < -0.4 is 5.32 Å². The molecule has 0 aliphatic carbocycles. The molecule has 3 rings (SSSR count). The summed E-state index contributed by atoms with van der Waals surface area (Å²) in [4.78, 5) is 12.1. The lowest BCUT2D eigenvalue weighted by Gasteiger charge is -2.08. The van der Waals surface area contributed by atoms with Gasteiger partial charge >= 0.3 is 0 Å². The number of benzene rings is 2. The van der Waals surface area contributed by atoms with Gasteiger partial charge in [-0.1, -0.05) is 30.3 Å². The van der Waals surface area contributed by atoms with Crippen LogP contribution in [0.4, 0.5) is 10.1 Å². The Balaban J connectivity index is 1.74. The minimum atomic E-state index is -0.379. The fourth-order valence-electron chi connectivity index (χ4n) is 2.30. The maximum atomic E-state index is 13.6. The van der Waals surface area contributed by atoms with Crippen LogP contribution in [0.2, 0.25) is 0 Å². The van der Waals surface area contributed by atoms with Gasteiger partial charge in [0.15, 0.2) is 5.82 Å². The van der Waals surface area contributed by atoms with Gasteiger partial charge in [0.2, 0.25) is 5.91 Å². The maximum absolute atomic E-state index is 13.6. The van der Waals surface area contributed by atoms with E-state index in [1.54, 1.807) is 35.2 Å². The molecular formula is C17H15FN4O. The van der Waals surface area contributed by atoms with E-state index in [1.807, 2.05) is 25.2 Å². The third kappa shape index (κ3) is 3.42. The molecule has 0 spiro atoms. The molecule has 1 aromatic heterocycles. The van der Waals surface area contributed by atoms with Crippen LogP contribution in [-0.4, -0.2) is 20.7 Å². The highest BCUT2D eigenvalue weighted by Gasteiger charge is 2.10. The Morgan fingerprint density at radius 2 is 2.04 bits per heavy atom. The number of aromatic nitrogens is 3. The number of halogens is 1. The Kier molecular flexibility index (Phi) is 4.14. The molecule has 0 fully saturated rings. The third-order valence-electron chi connectivity index (χ3n) is 3.42. The van der Waals surface area contributed by atoms with Gasteiger partial charge < -0.3 is 9.88 Å². The number of anilines is 1. The summed E-state index contributed by atoms with van der Waals surface area (Å²) in [6, 6.07) is 13.5. The van der Waals surface area contributed by atoms with E-state index in [0.717, 1.165) is 5.56 Å². The van der Waals surface area contributed by atoms with Gasteiger partial charge in [-0.25, -0.2) is 4.39 Å². The van der Waals surface area contributed by atoms with Crippen molar-refractivity contribution in [1.82, 2.24) is 14.8 Å². The summed E-state index contributed by atoms with van der Waals surface area (Å²) in [6.07, 6.45) is 1.60. The smallest absolute Gasteiger partial charge is 0.228 e. The number of amides is 1. The minimum Gasteiger partial charge on any atom is -0.326 e. The molecule has 23 heavy (non-hydrogen) atoms. The van der Waals surface area contributed by atoms with Gasteiger partial charge in [0.05, 0.1) is 6.42 Å². The second-order valence-electron chi connectivity index (χ2n) is 5.16. The first-order chi connectivity index (χ1) is 11.1. The molecule has 0 aliphatic rings. The molecule has 0 radical (unpaired) electrons. The Bertz CT molecular complexity index is 844. The third-order valence-corrected chi connectivity index (χ3v) is 3.42. The largest absolute Gasteiger partial charge is 0.326 e. The minimum absolute atomic E-state index is 0.0130. The molecule has 0 bridgehead atoms. The number of hydrogen-bond acceptors (Lipinski definition) is 3. The van der Waals surface area contributed by atoms with Gasteiger partial charge in [-0.15, -0.1) is 10.2 Å². The van der Waals surface area contributed by atoms with E-state index in [-0.39, 0.29) is 18.1 Å². The Labute approximate surface area is 132 Å². The van der Waals surface area contributed by atoms with Gasteiger partial charge in [-0.2, -0.15) is 0 Å². The van der Waals surface area contributed by atoms with Gasteiger partial charge in [-0.3, -0.25) is 4.79 Å². The highest BCUT2D eigenvalue weighted by atomic mass is 19.1. The van der Waals surface area contributed by atoms with E-state index in [9.17, 15) is 9.18 Å². The average molecular weight is 310 g/mol. The average Bonchev–Trinajstić information content (AvgIpc) is 2.96. The van der Waals surface area contributed by atoms with Crippen molar-refractivity contribution in [3.63, 3.8) is 0 Å². The van der Waals surface area contributed by atoms with E-state index in [4.69, 9.17) is 0 Å². The molecule has 116 valence electrons. The van der Waals surface area contributed by atoms with Gasteiger partial charge in [0.25, 0.3) is 0 Å². The van der Waals surface area contributed by atoms with Gasteiger partial charge in [0, 0.05) is 18.3 Å². The Hall–Kier alpha value is -3.02. The fourth-order valence-corrected chi connectivity index (χ4v) is 2.30. The van der Waals surface area contributed by atoms with E-state index in [2.05, 4.69) is 15.5 Å². The molecule has 0 unspecified atom stereocenters. The highest BCUT2D eigenvalue weighted by molar-refractivity contribution is 5.92. The Morgan fingerprint density at radius 1 is 1.22 bits per heavy atom. The molecule has 2 aromatic carbocycles. The molecule has 1 N–H and O–H groups in total. The van der Waals surface area contributed by atoms with E-state index in [1.165, 1.54) is 6.07 Å². The second-order valence-corrected chi connectivity index (χ2v) is 5.16. The van der Waals surface area contributed by atoms with Crippen molar-refractivity contribution in [2.45, 2.75) is 6.42 Å². The SMILES string of the molecule is Cn1cnnc1-c1cccc(NC(=O)Cc2ccccc2F)c1. The summed E-state index contributed by atoms with van der Waals surface area (Å²) in [5.74, 6) is 0.0518. The number of aryl methyl sites for hydroxylation is 1. The normalized spacial score (nSPS) is 10.5. The zero-order valence-corrected chi connectivity index (χ0v) is 12.5. The maximum Gasteiger partial charge on any atom is 0.228 e. The molecule has 0 aliphatic heterocycles. The zero-order valence-electron chi connectivity index (χ0n) is 12.5. The molecule has 1 amide bonds. The number of carbonyl (C=O) groups is 1. The zero-order chi connectivity index (χ0) is 16.2. The van der Waals surface area contributed by atoms with Crippen LogP contribution in [0.3, 0.4) is 0 Å². The lowest BCUT2D eigenvalue weighted by Crippen LogP contribution is -2.15. The molecule has 6 heteroatoms. The van der Waals surface area contributed by atoms with Crippen LogP contribution in [0, 0.1) is 5.82 Å². The van der Waals surface area contributed by atoms with Crippen LogP contribution in [0.25, 0.3) is 11.4 Å². The molecule has 0 saturated heterocycles. The van der Waals surface area contributed by atoms with Crippen LogP contribution in [0.1, 0.15) is 5.56 Å². The lowest BCUT2D eigenvalue weighted by atomic mass is 10.1. The molecule has 1 heterocycles. The summed E-state index contributed by atoms with van der Waals surface area (Å²) in [5, 5.41) is 10.7. The Morgan fingerprint density at radius 3 is 2.78 bits per heavy atom. The molecular weight excluding hydrogens is 295 g/mol. The van der Waals surface area contributed by atoms with Crippen LogP contribution in [0.15, 0.2) is 54.9 Å². The van der Waals surface area contributed by atoms with E-state index >= 15 is 0 Å². The van der Waals surface area contributed by atoms with Crippen molar-refractivity contribution in [2.75, 3.05) is 5.32 Å². The number of nitrogens with one attached hydrogen (secondary N) is 1. The van der Waals surface area contributed by atoms with Crippen molar-refractivity contribution >= 4 is 11.6 Å². The van der Waals surface area contributed by atoms with E-state index in [0.29, 0.717) is 17.1 Å². The number of carbonyl (C=O) groups excluding carboxylic acids is 1. The highest BCUT2D eigenvalue weighted by Crippen LogP contribution is 2.20. The first kappa shape index (κ1) is 14.9. The summed E-state index contributed by atoms with van der Waals surface area (Å²) >= 11 is 0. The van der Waals surface area contributed by atoms with Gasteiger partial charge in [-0.05, 0) is 23.8 Å². The first-order valence-electron chi connectivity index (χ1n) is 7.11.